The number of alkyl carbamates (subject to hydrolysis) is 1. The molecule has 0 atom stereocenters. The molecule has 0 bridgehead atoms. The number of rotatable bonds is 5. The van der Waals surface area contributed by atoms with E-state index in [1.54, 1.807) is 4.68 Å². The van der Waals surface area contributed by atoms with Gasteiger partial charge in [-0.1, -0.05) is 42.5 Å². The highest BCUT2D eigenvalue weighted by Crippen LogP contribution is 2.07. The molecule has 7 nitrogen and oxygen atoms in total. The molecule has 0 unspecified atom stereocenters. The van der Waals surface area contributed by atoms with Crippen molar-refractivity contribution in [3.05, 3.63) is 47.8 Å². The molecule has 0 aliphatic carbocycles. The van der Waals surface area contributed by atoms with E-state index in [2.05, 4.69) is 20.8 Å². The summed E-state index contributed by atoms with van der Waals surface area (Å²) < 4.78 is 6.79. The molecule has 23 heavy (non-hydrogen) atoms. The average molecular weight is 315 g/mol. The van der Waals surface area contributed by atoms with Crippen LogP contribution in [0.5, 0.6) is 0 Å². The number of carbonyl (C=O) groups excluding carboxylic acids is 1. The minimum Gasteiger partial charge on any atom is -0.444 e. The fourth-order valence-corrected chi connectivity index (χ4v) is 1.81. The van der Waals surface area contributed by atoms with E-state index in [1.165, 1.54) is 0 Å². The minimum atomic E-state index is -0.533. The van der Waals surface area contributed by atoms with Gasteiger partial charge >= 0.3 is 6.09 Å². The van der Waals surface area contributed by atoms with Gasteiger partial charge in [0.05, 0.1) is 13.1 Å². The van der Waals surface area contributed by atoms with Crippen molar-refractivity contribution in [1.29, 1.82) is 0 Å². The van der Waals surface area contributed by atoms with Crippen molar-refractivity contribution < 1.29 is 9.53 Å². The van der Waals surface area contributed by atoms with E-state index in [4.69, 9.17) is 4.74 Å². The number of allylic oxidation sites excluding steroid dienone is 1. The van der Waals surface area contributed by atoms with Crippen LogP contribution < -0.4 is 5.32 Å². The summed E-state index contributed by atoms with van der Waals surface area (Å²) in [5.74, 6) is 0.563. The molecule has 0 saturated carbocycles. The van der Waals surface area contributed by atoms with Gasteiger partial charge in [-0.25, -0.2) is 9.48 Å². The summed E-state index contributed by atoms with van der Waals surface area (Å²) >= 11 is 0. The standard InChI is InChI=1S/C16H21N5O2/c1-16(2,3)23-15(22)17-12-14-18-19-20-21(14)11-7-10-13-8-5-4-6-9-13/h4-10H,11-12H2,1-3H3,(H,17,22)/b10-7+. The van der Waals surface area contributed by atoms with E-state index in [0.29, 0.717) is 12.4 Å². The molecule has 1 aromatic carbocycles. The lowest BCUT2D eigenvalue weighted by Gasteiger charge is -2.19. The van der Waals surface area contributed by atoms with Crippen molar-refractivity contribution in [2.24, 2.45) is 0 Å². The number of ether oxygens (including phenoxy) is 1. The Hall–Kier alpha value is -2.70. The van der Waals surface area contributed by atoms with Crippen LogP contribution in [-0.4, -0.2) is 31.9 Å². The Morgan fingerprint density at radius 3 is 2.74 bits per heavy atom. The van der Waals surface area contributed by atoms with Crippen LogP contribution in [0, 0.1) is 0 Å². The Labute approximate surface area is 135 Å². The second-order valence-electron chi connectivity index (χ2n) is 5.95. The molecule has 0 saturated heterocycles. The quantitative estimate of drug-likeness (QED) is 0.916. The smallest absolute Gasteiger partial charge is 0.408 e. The van der Waals surface area contributed by atoms with E-state index in [-0.39, 0.29) is 6.54 Å². The number of nitrogens with one attached hydrogen (secondary N) is 1. The second kappa shape index (κ2) is 7.53. The average Bonchev–Trinajstić information content (AvgIpc) is 2.92. The number of benzene rings is 1. The van der Waals surface area contributed by atoms with Crippen molar-refractivity contribution in [3.8, 4) is 0 Å². The van der Waals surface area contributed by atoms with Crippen molar-refractivity contribution in [3.63, 3.8) is 0 Å². The molecular weight excluding hydrogens is 294 g/mol. The molecule has 0 aliphatic rings. The van der Waals surface area contributed by atoms with Crippen LogP contribution in [0.3, 0.4) is 0 Å². The Balaban J connectivity index is 1.87. The Morgan fingerprint density at radius 1 is 1.30 bits per heavy atom. The Bertz CT molecular complexity index is 659. The summed E-state index contributed by atoms with van der Waals surface area (Å²) in [6, 6.07) is 9.96. The van der Waals surface area contributed by atoms with Gasteiger partial charge in [0.15, 0.2) is 5.82 Å². The number of amides is 1. The summed E-state index contributed by atoms with van der Waals surface area (Å²) in [7, 11) is 0. The Kier molecular flexibility index (Phi) is 5.46. The van der Waals surface area contributed by atoms with Gasteiger partial charge in [0.2, 0.25) is 0 Å². The molecule has 2 aromatic rings. The normalized spacial score (nSPS) is 11.6. The highest BCUT2D eigenvalue weighted by Gasteiger charge is 2.16. The highest BCUT2D eigenvalue weighted by molar-refractivity contribution is 5.67. The first-order valence-corrected chi connectivity index (χ1v) is 7.37. The van der Waals surface area contributed by atoms with Crippen molar-refractivity contribution in [1.82, 2.24) is 25.5 Å². The molecule has 0 radical (unpaired) electrons. The molecule has 1 aromatic heterocycles. The first kappa shape index (κ1) is 16.7. The third kappa shape index (κ3) is 5.90. The topological polar surface area (TPSA) is 81.9 Å². The maximum Gasteiger partial charge on any atom is 0.408 e. The monoisotopic (exact) mass is 315 g/mol. The van der Waals surface area contributed by atoms with Gasteiger partial charge in [-0.05, 0) is 36.8 Å². The van der Waals surface area contributed by atoms with Gasteiger partial charge < -0.3 is 10.1 Å². The van der Waals surface area contributed by atoms with E-state index in [9.17, 15) is 4.79 Å². The summed E-state index contributed by atoms with van der Waals surface area (Å²) in [5, 5.41) is 14.1. The fraction of sp³-hybridized carbons (Fsp3) is 0.375. The zero-order valence-corrected chi connectivity index (χ0v) is 13.6. The second-order valence-corrected chi connectivity index (χ2v) is 5.95. The lowest BCUT2D eigenvalue weighted by molar-refractivity contribution is 0.0521. The summed E-state index contributed by atoms with van der Waals surface area (Å²) in [5.41, 5.74) is 0.572. The van der Waals surface area contributed by atoms with E-state index >= 15 is 0 Å². The van der Waals surface area contributed by atoms with E-state index < -0.39 is 11.7 Å². The first-order valence-electron chi connectivity index (χ1n) is 7.37. The number of hydrogen-bond acceptors (Lipinski definition) is 5. The molecule has 7 heteroatoms. The maximum absolute atomic E-state index is 11.6. The van der Waals surface area contributed by atoms with Crippen LogP contribution in [0.2, 0.25) is 0 Å². The zero-order valence-electron chi connectivity index (χ0n) is 13.6. The number of hydrogen-bond donors (Lipinski definition) is 1. The molecule has 0 fully saturated rings. The number of aromatic nitrogens is 4. The van der Waals surface area contributed by atoms with Gasteiger partial charge in [-0.15, -0.1) is 5.10 Å². The van der Waals surface area contributed by atoms with Crippen LogP contribution >= 0.6 is 0 Å². The molecule has 1 N–H and O–H groups in total. The van der Waals surface area contributed by atoms with E-state index in [0.717, 1.165) is 5.56 Å². The van der Waals surface area contributed by atoms with E-state index in [1.807, 2.05) is 63.3 Å². The molecule has 0 spiro atoms. The SMILES string of the molecule is CC(C)(C)OC(=O)NCc1nnnn1C/C=C/c1ccccc1. The van der Waals surface area contributed by atoms with Crippen molar-refractivity contribution in [2.45, 2.75) is 39.5 Å². The largest absolute Gasteiger partial charge is 0.444 e. The summed E-state index contributed by atoms with van der Waals surface area (Å²) in [4.78, 5) is 11.6. The predicted octanol–water partition coefficient (Wildman–Crippen LogP) is 2.41. The van der Waals surface area contributed by atoms with Gasteiger partial charge in [-0.3, -0.25) is 0 Å². The molecule has 1 amide bonds. The first-order chi connectivity index (χ1) is 10.9. The Morgan fingerprint density at radius 2 is 2.04 bits per heavy atom. The van der Waals surface area contributed by atoms with Gasteiger partial charge in [0, 0.05) is 0 Å². The molecule has 0 aliphatic heterocycles. The van der Waals surface area contributed by atoms with Crippen LogP contribution in [0.1, 0.15) is 32.2 Å². The number of nitrogens with zero attached hydrogens (tertiary/aromatic N) is 4. The van der Waals surface area contributed by atoms with Gasteiger partial charge in [0.25, 0.3) is 0 Å². The minimum absolute atomic E-state index is 0.209. The number of carbonyl (C=O) groups is 1. The third-order valence-corrected chi connectivity index (χ3v) is 2.78. The van der Waals surface area contributed by atoms with Crippen molar-refractivity contribution >= 4 is 12.2 Å². The van der Waals surface area contributed by atoms with Gasteiger partial charge in [0.1, 0.15) is 5.60 Å². The molecule has 1 heterocycles. The lowest BCUT2D eigenvalue weighted by atomic mass is 10.2. The molecular formula is C16H21N5O2. The fourth-order valence-electron chi connectivity index (χ4n) is 1.81. The third-order valence-electron chi connectivity index (χ3n) is 2.78. The predicted molar refractivity (Wildman–Crippen MR) is 86.4 cm³/mol. The van der Waals surface area contributed by atoms with Crippen LogP contribution in [0.15, 0.2) is 36.4 Å². The zero-order chi connectivity index (χ0) is 16.7. The van der Waals surface area contributed by atoms with Crippen LogP contribution in [0.4, 0.5) is 4.79 Å². The lowest BCUT2D eigenvalue weighted by Crippen LogP contribution is -2.32. The maximum atomic E-state index is 11.6. The summed E-state index contributed by atoms with van der Waals surface area (Å²) in [6.45, 7) is 6.16. The van der Waals surface area contributed by atoms with Crippen LogP contribution in [0.25, 0.3) is 6.08 Å². The molecule has 2 rings (SSSR count). The van der Waals surface area contributed by atoms with Gasteiger partial charge in [-0.2, -0.15) is 0 Å². The van der Waals surface area contributed by atoms with Crippen LogP contribution in [-0.2, 0) is 17.8 Å². The number of tetrazole rings is 1. The van der Waals surface area contributed by atoms with Crippen molar-refractivity contribution in [2.75, 3.05) is 0 Å². The summed E-state index contributed by atoms with van der Waals surface area (Å²) in [6.07, 6.45) is 3.46. The molecule has 122 valence electrons. The highest BCUT2D eigenvalue weighted by atomic mass is 16.6.